The summed E-state index contributed by atoms with van der Waals surface area (Å²) in [4.78, 5) is 22.3. The lowest BCUT2D eigenvalue weighted by Gasteiger charge is -2.22. The summed E-state index contributed by atoms with van der Waals surface area (Å²) in [6, 6.07) is 0. The Labute approximate surface area is 125 Å². The number of esters is 2. The molecule has 0 aromatic carbocycles. The lowest BCUT2D eigenvalue weighted by Crippen LogP contribution is -2.42. The van der Waals surface area contributed by atoms with E-state index in [-0.39, 0.29) is 26.1 Å². The summed E-state index contributed by atoms with van der Waals surface area (Å²) >= 11 is 0. The van der Waals surface area contributed by atoms with E-state index < -0.39 is 37.0 Å². The van der Waals surface area contributed by atoms with Crippen molar-refractivity contribution in [2.24, 2.45) is 5.92 Å². The van der Waals surface area contributed by atoms with Crippen LogP contribution in [-0.4, -0.2) is 50.2 Å². The van der Waals surface area contributed by atoms with Crippen LogP contribution in [0.15, 0.2) is 0 Å². The summed E-state index contributed by atoms with van der Waals surface area (Å²) in [7, 11) is 0. The molecular weight excluding hydrogens is 312 g/mol. The number of carbonyl (C=O) groups excluding carboxylic acids is 2. The van der Waals surface area contributed by atoms with Crippen LogP contribution in [0.5, 0.6) is 0 Å². The van der Waals surface area contributed by atoms with E-state index in [9.17, 15) is 27.2 Å². The minimum atomic E-state index is -4.45. The van der Waals surface area contributed by atoms with Crippen molar-refractivity contribution < 1.29 is 41.4 Å². The molecule has 0 spiro atoms. The maximum atomic E-state index is 12.8. The first kappa shape index (κ1) is 20.6. The van der Waals surface area contributed by atoms with Gasteiger partial charge in [-0.25, -0.2) is 13.6 Å². The Morgan fingerprint density at radius 1 is 1.09 bits per heavy atom. The molecule has 0 bridgehead atoms. The molecule has 0 amide bonds. The number of ether oxygens (including phenoxy) is 3. The topological polar surface area (TPSA) is 61.8 Å². The van der Waals surface area contributed by atoms with Crippen molar-refractivity contribution >= 4 is 11.9 Å². The first-order valence-electron chi connectivity index (χ1n) is 6.67. The maximum absolute atomic E-state index is 12.8. The zero-order valence-electron chi connectivity index (χ0n) is 12.7. The fraction of sp³-hybridized carbons (Fsp3) is 0.846. The van der Waals surface area contributed by atoms with E-state index in [1.54, 1.807) is 6.92 Å². The van der Waals surface area contributed by atoms with E-state index in [1.165, 1.54) is 0 Å². The highest BCUT2D eigenvalue weighted by molar-refractivity contribution is 5.72. The van der Waals surface area contributed by atoms with Crippen molar-refractivity contribution in [2.75, 3.05) is 26.4 Å². The van der Waals surface area contributed by atoms with Gasteiger partial charge >= 0.3 is 23.8 Å². The first-order valence-corrected chi connectivity index (χ1v) is 6.67. The van der Waals surface area contributed by atoms with Gasteiger partial charge in [-0.3, -0.25) is 4.79 Å². The molecule has 0 aliphatic rings. The third-order valence-electron chi connectivity index (χ3n) is 2.76. The van der Waals surface area contributed by atoms with Crippen LogP contribution in [0, 0.1) is 5.92 Å². The molecule has 1 atom stereocenters. The van der Waals surface area contributed by atoms with E-state index in [0.29, 0.717) is 6.42 Å². The molecule has 9 heteroatoms. The van der Waals surface area contributed by atoms with Crippen LogP contribution in [0.1, 0.15) is 27.2 Å². The Morgan fingerprint density at radius 2 is 1.68 bits per heavy atom. The van der Waals surface area contributed by atoms with Gasteiger partial charge in [0, 0.05) is 6.92 Å². The highest BCUT2D eigenvalue weighted by Crippen LogP contribution is 2.33. The van der Waals surface area contributed by atoms with Gasteiger partial charge in [-0.05, 0) is 6.42 Å². The van der Waals surface area contributed by atoms with E-state index in [0.717, 1.165) is 0 Å². The largest absolute Gasteiger partial charge is 0.463 e. The second kappa shape index (κ2) is 8.92. The smallest absolute Gasteiger partial charge is 0.343 e. The standard InChI is InChI=1S/C13H20F4O5/c1-4-9(2)11(19)21-6-5-20-7-10(18)22-8-13(16,17)12(3,14)15/h9H,4-8H2,1-3H3. The summed E-state index contributed by atoms with van der Waals surface area (Å²) in [5.41, 5.74) is 0. The molecule has 5 nitrogen and oxygen atoms in total. The van der Waals surface area contributed by atoms with Gasteiger partial charge in [0.25, 0.3) is 0 Å². The molecule has 130 valence electrons. The second-order valence-electron chi connectivity index (χ2n) is 4.78. The summed E-state index contributed by atoms with van der Waals surface area (Å²) < 4.78 is 64.1. The molecule has 0 N–H and O–H groups in total. The molecule has 0 saturated carbocycles. The summed E-state index contributed by atoms with van der Waals surface area (Å²) in [6.07, 6.45) is 0.613. The van der Waals surface area contributed by atoms with Gasteiger partial charge in [0.15, 0.2) is 6.61 Å². The molecule has 0 aliphatic carbocycles. The average Bonchev–Trinajstić information content (AvgIpc) is 2.42. The van der Waals surface area contributed by atoms with Crippen molar-refractivity contribution in [3.05, 3.63) is 0 Å². The Kier molecular flexibility index (Phi) is 8.36. The van der Waals surface area contributed by atoms with E-state index in [2.05, 4.69) is 4.74 Å². The number of alkyl halides is 4. The predicted molar refractivity (Wildman–Crippen MR) is 67.8 cm³/mol. The second-order valence-corrected chi connectivity index (χ2v) is 4.78. The number of halogens is 4. The van der Waals surface area contributed by atoms with Crippen LogP contribution >= 0.6 is 0 Å². The molecule has 0 rings (SSSR count). The van der Waals surface area contributed by atoms with Crippen molar-refractivity contribution in [1.29, 1.82) is 0 Å². The van der Waals surface area contributed by atoms with Crippen LogP contribution in [0.3, 0.4) is 0 Å². The van der Waals surface area contributed by atoms with E-state index >= 15 is 0 Å². The van der Waals surface area contributed by atoms with Crippen LogP contribution < -0.4 is 0 Å². The fourth-order valence-corrected chi connectivity index (χ4v) is 1.01. The van der Waals surface area contributed by atoms with Gasteiger partial charge in [0.1, 0.15) is 13.2 Å². The highest BCUT2D eigenvalue weighted by Gasteiger charge is 2.53. The molecule has 0 heterocycles. The van der Waals surface area contributed by atoms with Crippen molar-refractivity contribution in [1.82, 2.24) is 0 Å². The highest BCUT2D eigenvalue weighted by atomic mass is 19.3. The number of carbonyl (C=O) groups is 2. The van der Waals surface area contributed by atoms with Crippen LogP contribution in [0.2, 0.25) is 0 Å². The molecule has 0 aliphatic heterocycles. The Hall–Kier alpha value is -1.38. The Bertz CT molecular complexity index is 368. The number of rotatable bonds is 10. The maximum Gasteiger partial charge on any atom is 0.343 e. The van der Waals surface area contributed by atoms with Crippen LogP contribution in [0.25, 0.3) is 0 Å². The minimum absolute atomic E-state index is 0.0307. The summed E-state index contributed by atoms with van der Waals surface area (Å²) in [6.45, 7) is 0.840. The molecule has 0 saturated heterocycles. The zero-order valence-corrected chi connectivity index (χ0v) is 12.7. The lowest BCUT2D eigenvalue weighted by molar-refractivity contribution is -0.223. The van der Waals surface area contributed by atoms with Gasteiger partial charge in [0.2, 0.25) is 0 Å². The zero-order chi connectivity index (χ0) is 17.4. The molecule has 0 aromatic rings. The molecule has 0 fully saturated rings. The van der Waals surface area contributed by atoms with Crippen molar-refractivity contribution in [2.45, 2.75) is 39.0 Å². The molecule has 1 unspecified atom stereocenters. The lowest BCUT2D eigenvalue weighted by atomic mass is 10.1. The van der Waals surface area contributed by atoms with E-state index in [4.69, 9.17) is 9.47 Å². The third kappa shape index (κ3) is 7.58. The average molecular weight is 332 g/mol. The normalized spacial score (nSPS) is 13.6. The SMILES string of the molecule is CCC(C)C(=O)OCCOCC(=O)OCC(F)(F)C(C)(F)F. The predicted octanol–water partition coefficient (Wildman–Crippen LogP) is 2.43. The minimum Gasteiger partial charge on any atom is -0.463 e. The number of hydrogen-bond donors (Lipinski definition) is 0. The van der Waals surface area contributed by atoms with Crippen molar-refractivity contribution in [3.63, 3.8) is 0 Å². The molecule has 0 aromatic heterocycles. The van der Waals surface area contributed by atoms with Gasteiger partial charge in [-0.1, -0.05) is 13.8 Å². The van der Waals surface area contributed by atoms with Crippen molar-refractivity contribution in [3.8, 4) is 0 Å². The van der Waals surface area contributed by atoms with Crippen LogP contribution in [-0.2, 0) is 23.8 Å². The van der Waals surface area contributed by atoms with Crippen LogP contribution in [0.4, 0.5) is 17.6 Å². The van der Waals surface area contributed by atoms with E-state index in [1.807, 2.05) is 6.92 Å². The van der Waals surface area contributed by atoms with Gasteiger partial charge in [-0.15, -0.1) is 0 Å². The molecular formula is C13H20F4O5. The first-order chi connectivity index (χ1) is 10.0. The summed E-state index contributed by atoms with van der Waals surface area (Å²) in [5, 5.41) is 0. The molecule has 22 heavy (non-hydrogen) atoms. The van der Waals surface area contributed by atoms with Gasteiger partial charge < -0.3 is 14.2 Å². The monoisotopic (exact) mass is 332 g/mol. The molecule has 0 radical (unpaired) electrons. The number of hydrogen-bond acceptors (Lipinski definition) is 5. The third-order valence-corrected chi connectivity index (χ3v) is 2.76. The Balaban J connectivity index is 3.82. The Morgan fingerprint density at radius 3 is 2.18 bits per heavy atom. The van der Waals surface area contributed by atoms with Gasteiger partial charge in [0.05, 0.1) is 12.5 Å². The summed E-state index contributed by atoms with van der Waals surface area (Å²) in [5.74, 6) is -10.6. The van der Waals surface area contributed by atoms with Gasteiger partial charge in [-0.2, -0.15) is 8.78 Å². The fourth-order valence-electron chi connectivity index (χ4n) is 1.01. The quantitative estimate of drug-likeness (QED) is 0.349.